The molecule has 2 amide bonds. The van der Waals surface area contributed by atoms with E-state index in [1.807, 2.05) is 0 Å². The van der Waals surface area contributed by atoms with E-state index in [4.69, 9.17) is 0 Å². The Bertz CT molecular complexity index is 424. The van der Waals surface area contributed by atoms with Crippen LogP contribution in [0.15, 0.2) is 0 Å². The van der Waals surface area contributed by atoms with Crippen LogP contribution >= 0.6 is 0 Å². The molecule has 2 saturated heterocycles. The van der Waals surface area contributed by atoms with Crippen LogP contribution in [0.1, 0.15) is 12.8 Å². The molecule has 1 unspecified atom stereocenters. The Hall–Kier alpha value is -1.15. The fraction of sp³-hybridized carbons (Fsp3) is 0.800. The zero-order valence-electron chi connectivity index (χ0n) is 9.94. The first-order chi connectivity index (χ1) is 8.46. The number of piperazine rings is 1. The van der Waals surface area contributed by atoms with E-state index in [1.165, 1.54) is 0 Å². The molecule has 102 valence electrons. The van der Waals surface area contributed by atoms with Crippen LogP contribution in [-0.2, 0) is 19.4 Å². The summed E-state index contributed by atoms with van der Waals surface area (Å²) in [6, 6.07) is -0.512. The highest BCUT2D eigenvalue weighted by Gasteiger charge is 2.28. The first-order valence-electron chi connectivity index (χ1n) is 5.97. The molecule has 2 aliphatic rings. The maximum absolute atomic E-state index is 11.9. The van der Waals surface area contributed by atoms with E-state index >= 15 is 0 Å². The summed E-state index contributed by atoms with van der Waals surface area (Å²) in [5.41, 5.74) is 0. The average molecular weight is 275 g/mol. The first kappa shape index (κ1) is 13.3. The van der Waals surface area contributed by atoms with Crippen molar-refractivity contribution in [3.63, 3.8) is 0 Å². The Morgan fingerprint density at radius 3 is 2.50 bits per heavy atom. The lowest BCUT2D eigenvalue weighted by molar-refractivity contribution is -0.127. The third-order valence-corrected chi connectivity index (χ3v) is 4.95. The van der Waals surface area contributed by atoms with E-state index in [0.29, 0.717) is 12.8 Å². The Morgan fingerprint density at radius 2 is 1.94 bits per heavy atom. The summed E-state index contributed by atoms with van der Waals surface area (Å²) in [5.74, 6) is -0.0402. The molecule has 7 nitrogen and oxygen atoms in total. The molecule has 0 radical (unpaired) electrons. The summed E-state index contributed by atoms with van der Waals surface area (Å²) in [4.78, 5) is 22.8. The van der Waals surface area contributed by atoms with Crippen molar-refractivity contribution in [1.82, 2.24) is 16.0 Å². The Labute approximate surface area is 106 Å². The second-order valence-electron chi connectivity index (χ2n) is 4.67. The smallest absolute Gasteiger partial charge is 0.239 e. The van der Waals surface area contributed by atoms with Gasteiger partial charge in [-0.3, -0.25) is 14.9 Å². The van der Waals surface area contributed by atoms with Crippen molar-refractivity contribution in [3.05, 3.63) is 0 Å². The van der Waals surface area contributed by atoms with Crippen LogP contribution in [0, 0.1) is 0 Å². The Kier molecular flexibility index (Phi) is 3.86. The van der Waals surface area contributed by atoms with Crippen LogP contribution in [0.25, 0.3) is 0 Å². The number of carbonyl (C=O) groups excluding carboxylic acids is 2. The van der Waals surface area contributed by atoms with Gasteiger partial charge >= 0.3 is 0 Å². The van der Waals surface area contributed by atoms with E-state index in [9.17, 15) is 18.0 Å². The Morgan fingerprint density at radius 1 is 1.28 bits per heavy atom. The Balaban J connectivity index is 1.80. The lowest BCUT2D eigenvalue weighted by Gasteiger charge is -2.28. The van der Waals surface area contributed by atoms with Crippen LogP contribution in [0.3, 0.4) is 0 Å². The predicted octanol–water partition coefficient (Wildman–Crippen LogP) is -2.23. The molecule has 2 fully saturated rings. The minimum absolute atomic E-state index is 0.0829. The zero-order valence-corrected chi connectivity index (χ0v) is 10.8. The lowest BCUT2D eigenvalue weighted by atomic mass is 10.1. The van der Waals surface area contributed by atoms with E-state index < -0.39 is 15.9 Å². The summed E-state index contributed by atoms with van der Waals surface area (Å²) in [5, 5.41) is 8.26. The fourth-order valence-corrected chi connectivity index (χ4v) is 3.58. The van der Waals surface area contributed by atoms with Crippen molar-refractivity contribution < 1.29 is 18.0 Å². The molecular formula is C10H17N3O4S. The second-order valence-corrected chi connectivity index (χ2v) is 6.98. The molecule has 0 aromatic carbocycles. The van der Waals surface area contributed by atoms with Gasteiger partial charge in [0.2, 0.25) is 11.8 Å². The van der Waals surface area contributed by atoms with E-state index in [0.717, 1.165) is 0 Å². The highest BCUT2D eigenvalue weighted by molar-refractivity contribution is 7.91. The molecule has 0 bridgehead atoms. The molecule has 1 atom stereocenters. The van der Waals surface area contributed by atoms with Crippen molar-refractivity contribution in [2.24, 2.45) is 0 Å². The lowest BCUT2D eigenvalue weighted by Crippen LogP contribution is -2.59. The van der Waals surface area contributed by atoms with Gasteiger partial charge in [0.25, 0.3) is 0 Å². The van der Waals surface area contributed by atoms with Crippen molar-refractivity contribution in [3.8, 4) is 0 Å². The van der Waals surface area contributed by atoms with E-state index in [2.05, 4.69) is 16.0 Å². The largest absolute Gasteiger partial charge is 0.353 e. The highest BCUT2D eigenvalue weighted by atomic mass is 32.2. The number of hydrogen-bond donors (Lipinski definition) is 3. The zero-order chi connectivity index (χ0) is 13.2. The van der Waals surface area contributed by atoms with E-state index in [1.54, 1.807) is 0 Å². The van der Waals surface area contributed by atoms with Crippen molar-refractivity contribution in [2.45, 2.75) is 24.9 Å². The summed E-state index contributed by atoms with van der Waals surface area (Å²) in [6.45, 7) is 0.410. The summed E-state index contributed by atoms with van der Waals surface area (Å²) in [7, 11) is -2.91. The number of sulfone groups is 1. The molecule has 2 heterocycles. The fourth-order valence-electron chi connectivity index (χ4n) is 2.09. The van der Waals surface area contributed by atoms with Crippen LogP contribution < -0.4 is 16.0 Å². The van der Waals surface area contributed by atoms with Crippen molar-refractivity contribution >= 4 is 21.7 Å². The maximum atomic E-state index is 11.9. The highest BCUT2D eigenvalue weighted by Crippen LogP contribution is 2.12. The van der Waals surface area contributed by atoms with Crippen molar-refractivity contribution in [1.29, 1.82) is 0 Å². The molecule has 0 aliphatic carbocycles. The average Bonchev–Trinajstić information content (AvgIpc) is 2.33. The summed E-state index contributed by atoms with van der Waals surface area (Å²) in [6.07, 6.45) is 0.931. The third-order valence-electron chi connectivity index (χ3n) is 3.23. The second kappa shape index (κ2) is 5.23. The molecule has 2 aliphatic heterocycles. The molecule has 3 N–H and O–H groups in total. The standard InChI is InChI=1S/C10H17N3O4S/c14-9-6-11-8(5-12-9)10(15)13-7-1-3-18(16,17)4-2-7/h7-8,11H,1-6H2,(H,12,14)(H,13,15). The maximum Gasteiger partial charge on any atom is 0.239 e. The molecular weight excluding hydrogens is 258 g/mol. The monoisotopic (exact) mass is 275 g/mol. The number of rotatable bonds is 2. The minimum Gasteiger partial charge on any atom is -0.353 e. The van der Waals surface area contributed by atoms with Gasteiger partial charge in [-0.05, 0) is 12.8 Å². The van der Waals surface area contributed by atoms with Crippen LogP contribution in [-0.4, -0.2) is 56.9 Å². The molecule has 8 heteroatoms. The van der Waals surface area contributed by atoms with Crippen LogP contribution in [0.5, 0.6) is 0 Å². The third kappa shape index (κ3) is 3.42. The number of nitrogens with one attached hydrogen (secondary N) is 3. The number of amides is 2. The molecule has 0 aromatic rings. The normalized spacial score (nSPS) is 28.4. The van der Waals surface area contributed by atoms with E-state index in [-0.39, 0.29) is 42.5 Å². The van der Waals surface area contributed by atoms with Gasteiger partial charge < -0.3 is 10.6 Å². The number of hydrogen-bond acceptors (Lipinski definition) is 5. The minimum atomic E-state index is -2.91. The summed E-state index contributed by atoms with van der Waals surface area (Å²) < 4.78 is 22.5. The predicted molar refractivity (Wildman–Crippen MR) is 64.6 cm³/mol. The van der Waals surface area contributed by atoms with Gasteiger partial charge in [0, 0.05) is 12.6 Å². The quantitative estimate of drug-likeness (QED) is 0.529. The van der Waals surface area contributed by atoms with Gasteiger partial charge in [0.15, 0.2) is 0 Å². The van der Waals surface area contributed by atoms with Gasteiger partial charge in [-0.15, -0.1) is 0 Å². The van der Waals surface area contributed by atoms with Gasteiger partial charge in [0.1, 0.15) is 15.9 Å². The molecule has 0 saturated carbocycles. The first-order valence-corrected chi connectivity index (χ1v) is 7.79. The SMILES string of the molecule is O=C1CNC(C(=O)NC2CCS(=O)(=O)CC2)CN1. The topological polar surface area (TPSA) is 104 Å². The van der Waals surface area contributed by atoms with Gasteiger partial charge in [0.05, 0.1) is 18.1 Å². The molecule has 18 heavy (non-hydrogen) atoms. The van der Waals surface area contributed by atoms with Crippen LogP contribution in [0.2, 0.25) is 0 Å². The van der Waals surface area contributed by atoms with Gasteiger partial charge in [-0.1, -0.05) is 0 Å². The van der Waals surface area contributed by atoms with Crippen LogP contribution in [0.4, 0.5) is 0 Å². The van der Waals surface area contributed by atoms with Gasteiger partial charge in [-0.25, -0.2) is 8.42 Å². The van der Waals surface area contributed by atoms with Crippen molar-refractivity contribution in [2.75, 3.05) is 24.6 Å². The molecule has 0 aromatic heterocycles. The summed E-state index contributed by atoms with van der Waals surface area (Å²) >= 11 is 0. The van der Waals surface area contributed by atoms with Gasteiger partial charge in [-0.2, -0.15) is 0 Å². The molecule has 2 rings (SSSR count). The number of carbonyl (C=O) groups is 2. The molecule has 0 spiro atoms.